The van der Waals surface area contributed by atoms with Gasteiger partial charge in [-0.2, -0.15) is 0 Å². The summed E-state index contributed by atoms with van der Waals surface area (Å²) in [5.74, 6) is -1.67. The van der Waals surface area contributed by atoms with Crippen LogP contribution in [0.25, 0.3) is 0 Å². The van der Waals surface area contributed by atoms with Crippen LogP contribution in [0.2, 0.25) is 0 Å². The molecule has 1 aliphatic heterocycles. The van der Waals surface area contributed by atoms with E-state index in [0.717, 1.165) is 4.90 Å². The quantitative estimate of drug-likeness (QED) is 0.446. The molecule has 4 amide bonds. The van der Waals surface area contributed by atoms with Gasteiger partial charge < -0.3 is 4.74 Å². The summed E-state index contributed by atoms with van der Waals surface area (Å²) in [7, 11) is 1.51. The van der Waals surface area contributed by atoms with E-state index in [1.54, 1.807) is 19.1 Å². The molecule has 22 heavy (non-hydrogen) atoms. The van der Waals surface area contributed by atoms with E-state index in [0.29, 0.717) is 22.6 Å². The van der Waals surface area contributed by atoms with Gasteiger partial charge in [0.1, 0.15) is 5.75 Å². The Morgan fingerprint density at radius 1 is 1.05 bits per heavy atom. The average molecular weight is 304 g/mol. The summed E-state index contributed by atoms with van der Waals surface area (Å²) in [6.07, 6.45) is 0.547. The Morgan fingerprint density at radius 3 is 2.18 bits per heavy atom. The van der Waals surface area contributed by atoms with Crippen LogP contribution in [0, 0.1) is 0 Å². The maximum absolute atomic E-state index is 12.1. The zero-order valence-electron chi connectivity index (χ0n) is 12.4. The average Bonchev–Trinajstić information content (AvgIpc) is 2.73. The van der Waals surface area contributed by atoms with E-state index in [-0.39, 0.29) is 6.54 Å². The van der Waals surface area contributed by atoms with Crippen molar-refractivity contribution in [2.75, 3.05) is 20.2 Å². The second kappa shape index (κ2) is 6.38. The molecule has 2 rings (SSSR count). The number of amides is 4. The van der Waals surface area contributed by atoms with E-state index >= 15 is 0 Å². The number of imide groups is 2. The Bertz CT molecular complexity index is 623. The van der Waals surface area contributed by atoms with Crippen LogP contribution in [0.5, 0.6) is 5.75 Å². The molecule has 0 atom stereocenters. The van der Waals surface area contributed by atoms with Crippen LogP contribution in [0.3, 0.4) is 0 Å². The third-order valence-electron chi connectivity index (χ3n) is 3.30. The van der Waals surface area contributed by atoms with Crippen molar-refractivity contribution in [3.05, 3.63) is 29.8 Å². The lowest BCUT2D eigenvalue weighted by atomic mass is 10.1. The number of nitrogens with zero attached hydrogens (tertiary/aromatic N) is 2. The Balaban J connectivity index is 2.12. The van der Waals surface area contributed by atoms with Crippen LogP contribution in [-0.4, -0.2) is 53.6 Å². The number of Topliss-reactive ketones (excluding diaryl/α,β-unsaturated/α-hetero) is 1. The third-order valence-corrected chi connectivity index (χ3v) is 3.30. The van der Waals surface area contributed by atoms with Crippen LogP contribution in [-0.2, 0) is 9.59 Å². The van der Waals surface area contributed by atoms with Gasteiger partial charge >= 0.3 is 17.8 Å². The number of methoxy groups -OCH3 is 1. The number of hydrogen-bond acceptors (Lipinski definition) is 5. The molecule has 0 saturated carbocycles. The summed E-state index contributed by atoms with van der Waals surface area (Å²) in [6, 6.07) is 5.55. The van der Waals surface area contributed by atoms with E-state index < -0.39 is 30.2 Å². The number of urea groups is 1. The molecule has 0 bridgehead atoms. The van der Waals surface area contributed by atoms with Crippen molar-refractivity contribution < 1.29 is 23.9 Å². The summed E-state index contributed by atoms with van der Waals surface area (Å²) in [6.45, 7) is 1.50. The number of carbonyl (C=O) groups is 4. The SMILES string of the molecule is CCCN1C(=O)C(=O)N(CC(=O)c2ccc(OC)cc2)C1=O. The van der Waals surface area contributed by atoms with Crippen molar-refractivity contribution in [3.63, 3.8) is 0 Å². The molecular weight excluding hydrogens is 288 g/mol. The highest BCUT2D eigenvalue weighted by Gasteiger charge is 2.44. The van der Waals surface area contributed by atoms with Crippen molar-refractivity contribution in [2.45, 2.75) is 13.3 Å². The zero-order valence-corrected chi connectivity index (χ0v) is 12.4. The van der Waals surface area contributed by atoms with E-state index in [4.69, 9.17) is 4.74 Å². The van der Waals surface area contributed by atoms with Crippen molar-refractivity contribution >= 4 is 23.6 Å². The lowest BCUT2D eigenvalue weighted by molar-refractivity contribution is -0.143. The molecule has 7 nitrogen and oxygen atoms in total. The lowest BCUT2D eigenvalue weighted by Gasteiger charge is -2.14. The third kappa shape index (κ3) is 2.83. The maximum atomic E-state index is 12.1. The first-order valence-corrected chi connectivity index (χ1v) is 6.84. The predicted molar refractivity (Wildman–Crippen MR) is 76.4 cm³/mol. The summed E-state index contributed by atoms with van der Waals surface area (Å²) in [5, 5.41) is 0. The monoisotopic (exact) mass is 304 g/mol. The van der Waals surface area contributed by atoms with Crippen LogP contribution >= 0.6 is 0 Å². The predicted octanol–water partition coefficient (Wildman–Crippen LogP) is 1.08. The molecular formula is C15H16N2O5. The van der Waals surface area contributed by atoms with E-state index in [2.05, 4.69) is 0 Å². The zero-order chi connectivity index (χ0) is 16.3. The van der Waals surface area contributed by atoms with E-state index in [1.807, 2.05) is 0 Å². The highest BCUT2D eigenvalue weighted by Crippen LogP contribution is 2.15. The molecule has 0 aliphatic carbocycles. The van der Waals surface area contributed by atoms with Gasteiger partial charge in [-0.15, -0.1) is 0 Å². The van der Waals surface area contributed by atoms with Gasteiger partial charge in [0.2, 0.25) is 0 Å². The van der Waals surface area contributed by atoms with Crippen LogP contribution in [0.4, 0.5) is 4.79 Å². The van der Waals surface area contributed by atoms with Crippen molar-refractivity contribution in [3.8, 4) is 5.75 Å². The summed E-state index contributed by atoms with van der Waals surface area (Å²) in [5.41, 5.74) is 0.336. The fraction of sp³-hybridized carbons (Fsp3) is 0.333. The Hall–Kier alpha value is -2.70. The molecule has 0 N–H and O–H groups in total. The van der Waals surface area contributed by atoms with Gasteiger partial charge in [-0.25, -0.2) is 9.69 Å². The van der Waals surface area contributed by atoms with Gasteiger partial charge in [-0.1, -0.05) is 6.92 Å². The Morgan fingerprint density at radius 2 is 1.64 bits per heavy atom. The van der Waals surface area contributed by atoms with Gasteiger partial charge in [0.25, 0.3) is 0 Å². The van der Waals surface area contributed by atoms with E-state index in [1.165, 1.54) is 19.2 Å². The van der Waals surface area contributed by atoms with Gasteiger partial charge in [0.15, 0.2) is 5.78 Å². The first-order chi connectivity index (χ1) is 10.5. The Labute approximate surface area is 127 Å². The smallest absolute Gasteiger partial charge is 0.334 e. The van der Waals surface area contributed by atoms with Gasteiger partial charge in [-0.3, -0.25) is 19.3 Å². The largest absolute Gasteiger partial charge is 0.497 e. The molecule has 0 unspecified atom stereocenters. The van der Waals surface area contributed by atoms with Crippen LogP contribution in [0.15, 0.2) is 24.3 Å². The molecule has 0 spiro atoms. The van der Waals surface area contributed by atoms with Crippen molar-refractivity contribution in [1.29, 1.82) is 0 Å². The normalized spacial score (nSPS) is 14.7. The van der Waals surface area contributed by atoms with Crippen molar-refractivity contribution in [1.82, 2.24) is 9.80 Å². The molecule has 1 aromatic carbocycles. The molecule has 0 radical (unpaired) electrons. The fourth-order valence-electron chi connectivity index (χ4n) is 2.12. The standard InChI is InChI=1S/C15H16N2O5/c1-3-8-16-13(19)14(20)17(15(16)21)9-12(18)10-4-6-11(22-2)7-5-10/h4-7H,3,8-9H2,1-2H3. The lowest BCUT2D eigenvalue weighted by Crippen LogP contribution is -2.37. The number of ether oxygens (including phenoxy) is 1. The highest BCUT2D eigenvalue weighted by atomic mass is 16.5. The molecule has 1 saturated heterocycles. The number of benzene rings is 1. The fourth-order valence-corrected chi connectivity index (χ4v) is 2.12. The number of ketones is 1. The Kier molecular flexibility index (Phi) is 4.55. The minimum absolute atomic E-state index is 0.163. The summed E-state index contributed by atoms with van der Waals surface area (Å²) < 4.78 is 4.99. The van der Waals surface area contributed by atoms with Crippen LogP contribution < -0.4 is 4.74 Å². The molecule has 1 fully saturated rings. The first kappa shape index (κ1) is 15.7. The second-order valence-electron chi connectivity index (χ2n) is 4.78. The summed E-state index contributed by atoms with van der Waals surface area (Å²) in [4.78, 5) is 49.2. The minimum atomic E-state index is -0.958. The molecule has 0 aromatic heterocycles. The topological polar surface area (TPSA) is 84.0 Å². The van der Waals surface area contributed by atoms with E-state index in [9.17, 15) is 19.2 Å². The second-order valence-corrected chi connectivity index (χ2v) is 4.78. The molecule has 116 valence electrons. The molecule has 1 aromatic rings. The van der Waals surface area contributed by atoms with Crippen molar-refractivity contribution in [2.24, 2.45) is 0 Å². The summed E-state index contributed by atoms with van der Waals surface area (Å²) >= 11 is 0. The number of carbonyl (C=O) groups excluding carboxylic acids is 4. The minimum Gasteiger partial charge on any atom is -0.497 e. The maximum Gasteiger partial charge on any atom is 0.334 e. The van der Waals surface area contributed by atoms with Gasteiger partial charge in [0, 0.05) is 12.1 Å². The van der Waals surface area contributed by atoms with Gasteiger partial charge in [-0.05, 0) is 30.7 Å². The first-order valence-electron chi connectivity index (χ1n) is 6.84. The molecule has 7 heteroatoms. The molecule has 1 heterocycles. The highest BCUT2D eigenvalue weighted by molar-refractivity contribution is 6.45. The van der Waals surface area contributed by atoms with Gasteiger partial charge in [0.05, 0.1) is 13.7 Å². The van der Waals surface area contributed by atoms with Crippen LogP contribution in [0.1, 0.15) is 23.7 Å². The molecule has 1 aliphatic rings. The number of rotatable bonds is 6. The number of hydrogen-bond donors (Lipinski definition) is 0.